The number of piperidine rings is 1. The summed E-state index contributed by atoms with van der Waals surface area (Å²) in [6.07, 6.45) is 5.70. The highest BCUT2D eigenvalue weighted by molar-refractivity contribution is 5.94. The minimum absolute atomic E-state index is 0.0178. The highest BCUT2D eigenvalue weighted by Gasteiger charge is 2.44. The number of nitrogens with zero attached hydrogens (tertiary/aromatic N) is 2. The summed E-state index contributed by atoms with van der Waals surface area (Å²) >= 11 is 0. The first-order valence-electron chi connectivity index (χ1n) is 8.78. The van der Waals surface area contributed by atoms with Crippen LogP contribution in [0.4, 0.5) is 0 Å². The maximum atomic E-state index is 12.7. The van der Waals surface area contributed by atoms with Crippen LogP contribution in [0.1, 0.15) is 36.0 Å². The highest BCUT2D eigenvalue weighted by Crippen LogP contribution is 2.35. The Kier molecular flexibility index (Phi) is 4.31. The lowest BCUT2D eigenvalue weighted by molar-refractivity contribution is -0.174. The van der Waals surface area contributed by atoms with Gasteiger partial charge in [-0.3, -0.25) is 4.79 Å². The van der Waals surface area contributed by atoms with E-state index in [1.54, 1.807) is 6.20 Å². The average Bonchev–Trinajstić information content (AvgIpc) is 3.19. The number of carbonyl (C=O) groups excluding carboxylic acids is 1. The fourth-order valence-electron chi connectivity index (χ4n) is 3.80. The van der Waals surface area contributed by atoms with Gasteiger partial charge in [0.25, 0.3) is 5.91 Å². The van der Waals surface area contributed by atoms with E-state index in [1.165, 1.54) is 6.39 Å². The first kappa shape index (κ1) is 16.3. The molecule has 3 heterocycles. The Hall–Kier alpha value is -2.18. The number of oxazole rings is 1. The number of hydrogen-bond donors (Lipinski definition) is 1. The molecule has 4 rings (SSSR count). The molecule has 1 aromatic carbocycles. The van der Waals surface area contributed by atoms with Crippen molar-refractivity contribution in [3.63, 3.8) is 0 Å². The number of aliphatic hydroxyl groups excluding tert-OH is 1. The van der Waals surface area contributed by atoms with Crippen molar-refractivity contribution in [2.75, 3.05) is 19.7 Å². The first-order valence-corrected chi connectivity index (χ1v) is 8.78. The molecule has 0 aliphatic carbocycles. The number of aliphatic hydroxyl groups is 1. The van der Waals surface area contributed by atoms with E-state index in [-0.39, 0.29) is 5.91 Å². The van der Waals surface area contributed by atoms with Crippen LogP contribution in [0.2, 0.25) is 0 Å². The fraction of sp³-hybridized carbons (Fsp3) is 0.474. The van der Waals surface area contributed by atoms with Gasteiger partial charge in [-0.25, -0.2) is 4.98 Å². The van der Waals surface area contributed by atoms with E-state index >= 15 is 0 Å². The second-order valence-corrected chi connectivity index (χ2v) is 6.81. The maximum absolute atomic E-state index is 12.7. The minimum Gasteiger partial charge on any atom is -0.444 e. The van der Waals surface area contributed by atoms with E-state index in [1.807, 2.05) is 29.2 Å². The van der Waals surface area contributed by atoms with E-state index in [9.17, 15) is 9.90 Å². The number of aromatic nitrogens is 1. The van der Waals surface area contributed by atoms with Gasteiger partial charge in [0.15, 0.2) is 12.2 Å². The van der Waals surface area contributed by atoms with Crippen LogP contribution in [0.15, 0.2) is 41.3 Å². The summed E-state index contributed by atoms with van der Waals surface area (Å²) in [6.45, 7) is 1.92. The van der Waals surface area contributed by atoms with Gasteiger partial charge in [0.1, 0.15) is 0 Å². The van der Waals surface area contributed by atoms with Gasteiger partial charge in [-0.15, -0.1) is 0 Å². The van der Waals surface area contributed by atoms with Crippen molar-refractivity contribution in [3.05, 3.63) is 42.4 Å². The molecular weight excluding hydrogens is 320 g/mol. The Bertz CT molecular complexity index is 718. The zero-order valence-corrected chi connectivity index (χ0v) is 14.1. The molecule has 2 aliphatic heterocycles. The van der Waals surface area contributed by atoms with Crippen molar-refractivity contribution in [2.24, 2.45) is 0 Å². The lowest BCUT2D eigenvalue weighted by Crippen LogP contribution is -2.56. The molecule has 0 bridgehead atoms. The zero-order valence-electron chi connectivity index (χ0n) is 14.1. The zero-order chi connectivity index (χ0) is 17.3. The smallest absolute Gasteiger partial charge is 0.253 e. The molecule has 6 nitrogen and oxygen atoms in total. The average molecular weight is 342 g/mol. The number of benzene rings is 1. The molecule has 0 radical (unpaired) electrons. The number of carbonyl (C=O) groups is 1. The Morgan fingerprint density at radius 2 is 2.00 bits per heavy atom. The molecule has 1 amide bonds. The van der Waals surface area contributed by atoms with Crippen molar-refractivity contribution in [2.45, 2.75) is 37.4 Å². The van der Waals surface area contributed by atoms with Crippen LogP contribution in [0.3, 0.4) is 0 Å². The third-order valence-electron chi connectivity index (χ3n) is 5.36. The molecule has 132 valence electrons. The monoisotopic (exact) mass is 342 g/mol. The maximum Gasteiger partial charge on any atom is 0.253 e. The number of rotatable bonds is 2. The first-order chi connectivity index (χ1) is 12.2. The van der Waals surface area contributed by atoms with Crippen molar-refractivity contribution < 1.29 is 19.1 Å². The van der Waals surface area contributed by atoms with Gasteiger partial charge in [-0.1, -0.05) is 12.1 Å². The van der Waals surface area contributed by atoms with Crippen molar-refractivity contribution >= 4 is 5.91 Å². The summed E-state index contributed by atoms with van der Waals surface area (Å²) < 4.78 is 11.2. The summed E-state index contributed by atoms with van der Waals surface area (Å²) in [4.78, 5) is 18.5. The topological polar surface area (TPSA) is 75.8 Å². The quantitative estimate of drug-likeness (QED) is 0.907. The lowest BCUT2D eigenvalue weighted by Gasteiger charge is -2.46. The molecule has 0 saturated carbocycles. The van der Waals surface area contributed by atoms with Gasteiger partial charge in [0, 0.05) is 30.8 Å². The summed E-state index contributed by atoms with van der Waals surface area (Å²) in [6, 6.07) is 7.37. The molecule has 6 heteroatoms. The fourth-order valence-corrected chi connectivity index (χ4v) is 3.80. The van der Waals surface area contributed by atoms with Crippen molar-refractivity contribution in [3.8, 4) is 11.3 Å². The molecule has 0 unspecified atom stereocenters. The molecule has 1 atom stereocenters. The van der Waals surface area contributed by atoms with Gasteiger partial charge in [0.2, 0.25) is 0 Å². The molecule has 1 spiro atoms. The summed E-state index contributed by atoms with van der Waals surface area (Å²) in [5, 5.41) is 10.3. The molecule has 2 aliphatic rings. The number of likely N-dealkylation sites (tertiary alicyclic amines) is 1. The Balaban J connectivity index is 1.42. The van der Waals surface area contributed by atoms with Crippen LogP contribution >= 0.6 is 0 Å². The van der Waals surface area contributed by atoms with Crippen LogP contribution < -0.4 is 0 Å². The van der Waals surface area contributed by atoms with Gasteiger partial charge in [-0.05, 0) is 37.8 Å². The largest absolute Gasteiger partial charge is 0.444 e. The Morgan fingerprint density at radius 1 is 1.24 bits per heavy atom. The molecule has 2 fully saturated rings. The van der Waals surface area contributed by atoms with E-state index in [4.69, 9.17) is 9.15 Å². The summed E-state index contributed by atoms with van der Waals surface area (Å²) in [5.74, 6) is 0.701. The van der Waals surface area contributed by atoms with Crippen LogP contribution in [-0.2, 0) is 4.74 Å². The van der Waals surface area contributed by atoms with Gasteiger partial charge in [-0.2, -0.15) is 0 Å². The third-order valence-corrected chi connectivity index (χ3v) is 5.36. The third kappa shape index (κ3) is 3.07. The van der Waals surface area contributed by atoms with Crippen LogP contribution in [0.25, 0.3) is 11.3 Å². The second kappa shape index (κ2) is 6.61. The van der Waals surface area contributed by atoms with Crippen LogP contribution in [-0.4, -0.2) is 52.3 Å². The predicted molar refractivity (Wildman–Crippen MR) is 91.0 cm³/mol. The van der Waals surface area contributed by atoms with E-state index in [2.05, 4.69) is 4.98 Å². The molecule has 25 heavy (non-hydrogen) atoms. The van der Waals surface area contributed by atoms with Gasteiger partial charge < -0.3 is 19.2 Å². The SMILES string of the molecule is O=C(c1ccc(-c2cnco2)cc1)N1CCC2(CC1)OCCC[C@@H]2O. The molecule has 2 saturated heterocycles. The number of amides is 1. The standard InChI is InChI=1S/C19H22N2O4/c22-17-2-1-11-25-19(17)7-9-21(10-8-19)18(23)15-5-3-14(4-6-15)16-12-20-13-24-16/h3-6,12-13,17,22H,1-2,7-11H2/t17-/m0/s1. The number of ether oxygens (including phenoxy) is 1. The predicted octanol–water partition coefficient (Wildman–Crippen LogP) is 2.49. The summed E-state index contributed by atoms with van der Waals surface area (Å²) in [5.41, 5.74) is 1.10. The number of hydrogen-bond acceptors (Lipinski definition) is 5. The van der Waals surface area contributed by atoms with E-state index in [0.29, 0.717) is 43.9 Å². The molecular formula is C19H22N2O4. The Labute approximate surface area is 146 Å². The molecule has 1 aromatic heterocycles. The van der Waals surface area contributed by atoms with Crippen molar-refractivity contribution in [1.82, 2.24) is 9.88 Å². The second-order valence-electron chi connectivity index (χ2n) is 6.81. The van der Waals surface area contributed by atoms with Gasteiger partial charge >= 0.3 is 0 Å². The highest BCUT2D eigenvalue weighted by atomic mass is 16.5. The molecule has 2 aromatic rings. The van der Waals surface area contributed by atoms with Crippen LogP contribution in [0, 0.1) is 0 Å². The normalized spacial score (nSPS) is 22.9. The van der Waals surface area contributed by atoms with Crippen LogP contribution in [0.5, 0.6) is 0 Å². The Morgan fingerprint density at radius 3 is 2.64 bits per heavy atom. The minimum atomic E-state index is -0.453. The molecule has 1 N–H and O–H groups in total. The van der Waals surface area contributed by atoms with E-state index in [0.717, 1.165) is 18.4 Å². The van der Waals surface area contributed by atoms with E-state index < -0.39 is 11.7 Å². The lowest BCUT2D eigenvalue weighted by atomic mass is 9.82. The van der Waals surface area contributed by atoms with Crippen molar-refractivity contribution in [1.29, 1.82) is 0 Å². The summed E-state index contributed by atoms with van der Waals surface area (Å²) in [7, 11) is 0. The van der Waals surface area contributed by atoms with Gasteiger partial charge in [0.05, 0.1) is 17.9 Å².